The molecule has 3 heterocycles. The molecule has 1 amide bonds. The minimum Gasteiger partial charge on any atom is -0.360 e. The highest BCUT2D eigenvalue weighted by Crippen LogP contribution is 2.41. The molecule has 1 aromatic heterocycles. The monoisotopic (exact) mass is 383 g/mol. The van der Waals surface area contributed by atoms with Gasteiger partial charge in [0.25, 0.3) is 5.91 Å². The minimum atomic E-state index is -0.227. The van der Waals surface area contributed by atoms with Gasteiger partial charge in [-0.25, -0.2) is 4.39 Å². The predicted octanol–water partition coefficient (Wildman–Crippen LogP) is 3.83. The van der Waals surface area contributed by atoms with Crippen LogP contribution in [0, 0.1) is 5.82 Å². The van der Waals surface area contributed by atoms with Gasteiger partial charge in [-0.2, -0.15) is 0 Å². The van der Waals surface area contributed by atoms with Gasteiger partial charge in [-0.1, -0.05) is 30.1 Å². The van der Waals surface area contributed by atoms with Crippen LogP contribution in [0.25, 0.3) is 0 Å². The van der Waals surface area contributed by atoms with Gasteiger partial charge in [0, 0.05) is 36.5 Å². The Balaban J connectivity index is 1.44. The van der Waals surface area contributed by atoms with Crippen molar-refractivity contribution < 1.29 is 13.7 Å². The number of halogens is 1. The Morgan fingerprint density at radius 1 is 1.18 bits per heavy atom. The first-order chi connectivity index (χ1) is 13.7. The van der Waals surface area contributed by atoms with Gasteiger partial charge in [-0.3, -0.25) is 4.79 Å². The Morgan fingerprint density at radius 3 is 2.89 bits per heavy atom. The lowest BCUT2D eigenvalue weighted by Crippen LogP contribution is -2.47. The highest BCUT2D eigenvalue weighted by Gasteiger charge is 2.45. The van der Waals surface area contributed by atoms with Crippen LogP contribution in [-0.4, -0.2) is 41.1 Å². The number of hydrogen-bond acceptors (Lipinski definition) is 4. The number of carbonyl (C=O) groups is 1. The molecule has 1 saturated carbocycles. The molecule has 3 atom stereocenters. The Kier molecular flexibility index (Phi) is 4.67. The van der Waals surface area contributed by atoms with Crippen LogP contribution in [0.15, 0.2) is 34.9 Å². The number of hydrogen-bond donors (Lipinski definition) is 1. The van der Waals surface area contributed by atoms with Gasteiger partial charge in [-0.15, -0.1) is 0 Å². The minimum absolute atomic E-state index is 0.0630. The van der Waals surface area contributed by atoms with Gasteiger partial charge >= 0.3 is 0 Å². The summed E-state index contributed by atoms with van der Waals surface area (Å²) in [5, 5.41) is 7.73. The number of carbonyl (C=O) groups excluding carboxylic acids is 1. The molecule has 1 N–H and O–H groups in total. The molecule has 0 spiro atoms. The zero-order chi connectivity index (χ0) is 19.1. The van der Waals surface area contributed by atoms with Crippen molar-refractivity contribution in [1.82, 2.24) is 15.4 Å². The Labute approximate surface area is 164 Å². The van der Waals surface area contributed by atoms with Crippen LogP contribution in [-0.2, 0) is 0 Å². The maximum absolute atomic E-state index is 13.9. The summed E-state index contributed by atoms with van der Waals surface area (Å²) >= 11 is 0. The fraction of sp³-hybridized carbons (Fsp3) is 0.545. The van der Waals surface area contributed by atoms with Crippen molar-refractivity contribution >= 4 is 5.91 Å². The summed E-state index contributed by atoms with van der Waals surface area (Å²) < 4.78 is 19.3. The molecule has 0 radical (unpaired) electrons. The van der Waals surface area contributed by atoms with E-state index in [2.05, 4.69) is 10.5 Å². The summed E-state index contributed by atoms with van der Waals surface area (Å²) in [5.74, 6) is 1.06. The van der Waals surface area contributed by atoms with Crippen LogP contribution in [0.5, 0.6) is 0 Å². The molecular formula is C22H26FN3O2. The number of likely N-dealkylation sites (tertiary alicyclic amines) is 1. The van der Waals surface area contributed by atoms with E-state index in [4.69, 9.17) is 4.52 Å². The van der Waals surface area contributed by atoms with Crippen molar-refractivity contribution in [3.05, 3.63) is 53.2 Å². The first-order valence-corrected chi connectivity index (χ1v) is 10.5. The van der Waals surface area contributed by atoms with Crippen molar-refractivity contribution in [3.8, 4) is 0 Å². The number of nitrogens with one attached hydrogen (secondary N) is 1. The molecule has 5 nitrogen and oxygen atoms in total. The third-order valence-electron chi connectivity index (χ3n) is 6.46. The van der Waals surface area contributed by atoms with E-state index in [1.165, 1.54) is 12.5 Å². The van der Waals surface area contributed by atoms with E-state index in [1.54, 1.807) is 12.1 Å². The summed E-state index contributed by atoms with van der Waals surface area (Å²) in [4.78, 5) is 15.3. The lowest BCUT2D eigenvalue weighted by atomic mass is 9.88. The molecule has 3 aliphatic rings. The second-order valence-electron chi connectivity index (χ2n) is 8.40. The molecule has 1 aromatic carbocycles. The number of nitrogens with zero attached hydrogens (tertiary/aromatic N) is 2. The normalized spacial score (nSPS) is 27.9. The Hall–Kier alpha value is -2.21. The lowest BCUT2D eigenvalue weighted by Gasteiger charge is -2.31. The van der Waals surface area contributed by atoms with Gasteiger partial charge < -0.3 is 14.7 Å². The standard InChI is InChI=1S/C22H26FN3O2/c23-16-6-4-5-15(11-16)17-13-26(19-7-2-1-3-10-24-21(17)19)22(27)18-12-20(28-25-18)14-8-9-14/h4-6,11-12,14,17,19,21,24H,1-3,7-10,13H2/t17-,19+,21-/m0/s1. The fourth-order valence-corrected chi connectivity index (χ4v) is 4.84. The third-order valence-corrected chi connectivity index (χ3v) is 6.46. The Bertz CT molecular complexity index is 863. The molecule has 2 aromatic rings. The molecule has 3 fully saturated rings. The second kappa shape index (κ2) is 7.32. The van der Waals surface area contributed by atoms with Crippen molar-refractivity contribution in [3.63, 3.8) is 0 Å². The maximum atomic E-state index is 13.9. The van der Waals surface area contributed by atoms with E-state index in [0.29, 0.717) is 18.2 Å². The first-order valence-electron chi connectivity index (χ1n) is 10.5. The summed E-state index contributed by atoms with van der Waals surface area (Å²) in [6, 6.07) is 8.87. The van der Waals surface area contributed by atoms with E-state index in [9.17, 15) is 9.18 Å². The summed E-state index contributed by atoms with van der Waals surface area (Å²) in [5.41, 5.74) is 1.36. The van der Waals surface area contributed by atoms with Gasteiger partial charge in [0.05, 0.1) is 0 Å². The van der Waals surface area contributed by atoms with Crippen molar-refractivity contribution in [2.75, 3.05) is 13.1 Å². The molecule has 148 valence electrons. The zero-order valence-corrected chi connectivity index (χ0v) is 15.9. The topological polar surface area (TPSA) is 58.4 Å². The zero-order valence-electron chi connectivity index (χ0n) is 15.9. The van der Waals surface area contributed by atoms with Crippen LogP contribution >= 0.6 is 0 Å². The Morgan fingerprint density at radius 2 is 2.07 bits per heavy atom. The van der Waals surface area contributed by atoms with Crippen LogP contribution < -0.4 is 5.32 Å². The lowest BCUT2D eigenvalue weighted by molar-refractivity contribution is 0.0702. The summed E-state index contributed by atoms with van der Waals surface area (Å²) in [7, 11) is 0. The van der Waals surface area contributed by atoms with Crippen LogP contribution in [0.2, 0.25) is 0 Å². The summed E-state index contributed by atoms with van der Waals surface area (Å²) in [6.07, 6.45) is 6.60. The van der Waals surface area contributed by atoms with Gasteiger partial charge in [-0.05, 0) is 49.9 Å². The molecule has 5 rings (SSSR count). The number of aromatic nitrogens is 1. The second-order valence-corrected chi connectivity index (χ2v) is 8.40. The average molecular weight is 383 g/mol. The number of rotatable bonds is 3. The van der Waals surface area contributed by atoms with Gasteiger partial charge in [0.15, 0.2) is 5.69 Å². The quantitative estimate of drug-likeness (QED) is 0.875. The largest absolute Gasteiger partial charge is 0.360 e. The fourth-order valence-electron chi connectivity index (χ4n) is 4.84. The van der Waals surface area contributed by atoms with Crippen molar-refractivity contribution in [1.29, 1.82) is 0 Å². The maximum Gasteiger partial charge on any atom is 0.276 e. The molecule has 1 aliphatic carbocycles. The molecular weight excluding hydrogens is 357 g/mol. The predicted molar refractivity (Wildman–Crippen MR) is 103 cm³/mol. The van der Waals surface area contributed by atoms with E-state index < -0.39 is 0 Å². The molecule has 2 aliphatic heterocycles. The molecule has 28 heavy (non-hydrogen) atoms. The van der Waals surface area contributed by atoms with Crippen LogP contribution in [0.1, 0.15) is 72.2 Å². The summed E-state index contributed by atoms with van der Waals surface area (Å²) in [6.45, 7) is 1.51. The van der Waals surface area contributed by atoms with E-state index in [-0.39, 0.29) is 29.7 Å². The van der Waals surface area contributed by atoms with Crippen LogP contribution in [0.4, 0.5) is 4.39 Å². The molecule has 6 heteroatoms. The highest BCUT2D eigenvalue weighted by molar-refractivity contribution is 5.93. The molecule has 2 saturated heterocycles. The molecule has 0 bridgehead atoms. The van der Waals surface area contributed by atoms with Gasteiger partial charge in [0.1, 0.15) is 11.6 Å². The molecule has 0 unspecified atom stereocenters. The van der Waals surface area contributed by atoms with E-state index >= 15 is 0 Å². The SMILES string of the molecule is O=C(c1cc(C2CC2)on1)N1C[C@@H](c2cccc(F)c2)[C@@H]2NCCCCC[C@H]21. The third kappa shape index (κ3) is 3.34. The van der Waals surface area contributed by atoms with Gasteiger partial charge in [0.2, 0.25) is 0 Å². The number of amides is 1. The smallest absolute Gasteiger partial charge is 0.276 e. The van der Waals surface area contributed by atoms with Crippen LogP contribution in [0.3, 0.4) is 0 Å². The average Bonchev–Trinajstić information content (AvgIpc) is 3.30. The van der Waals surface area contributed by atoms with E-state index in [1.807, 2.05) is 17.0 Å². The number of benzene rings is 1. The highest BCUT2D eigenvalue weighted by atomic mass is 19.1. The number of fused-ring (bicyclic) bond motifs is 1. The van der Waals surface area contributed by atoms with Crippen molar-refractivity contribution in [2.45, 2.75) is 62.4 Å². The van der Waals surface area contributed by atoms with Crippen molar-refractivity contribution in [2.24, 2.45) is 0 Å². The first kappa shape index (κ1) is 17.9. The van der Waals surface area contributed by atoms with E-state index in [0.717, 1.165) is 50.0 Å².